The van der Waals surface area contributed by atoms with Crippen molar-refractivity contribution in [1.82, 2.24) is 0 Å². The Morgan fingerprint density at radius 1 is 1.14 bits per heavy atom. The highest BCUT2D eigenvalue weighted by molar-refractivity contribution is 9.10. The third kappa shape index (κ3) is 8.83. The Labute approximate surface area is 183 Å². The zero-order valence-corrected chi connectivity index (χ0v) is 21.5. The molecule has 0 saturated carbocycles. The SMILES string of the molecule is C=CCOc1ccc(CC(CCCCCCC)O[Si](C)(C)C(C)(C)C)cc1Br. The minimum atomic E-state index is -1.79. The van der Waals surface area contributed by atoms with E-state index in [1.807, 2.05) is 6.07 Å². The van der Waals surface area contributed by atoms with Gasteiger partial charge in [-0.25, -0.2) is 0 Å². The first-order valence-electron chi connectivity index (χ1n) is 10.8. The smallest absolute Gasteiger partial charge is 0.192 e. The molecule has 4 heteroatoms. The monoisotopic (exact) mass is 468 g/mol. The molecule has 0 amide bonds. The molecule has 0 heterocycles. The Balaban J connectivity index is 2.83. The Hall–Kier alpha value is -0.583. The average molecular weight is 470 g/mol. The molecule has 160 valence electrons. The Bertz CT molecular complexity index is 593. The van der Waals surface area contributed by atoms with Crippen molar-refractivity contribution in [3.8, 4) is 5.75 Å². The molecule has 0 aliphatic rings. The third-order valence-corrected chi connectivity index (χ3v) is 10.9. The van der Waals surface area contributed by atoms with Gasteiger partial charge in [0.1, 0.15) is 12.4 Å². The standard InChI is InChI=1S/C24H41BrO2Si/c1-8-10-11-12-13-14-21(27-28(6,7)24(3,4)5)18-20-15-16-23(22(25)19-20)26-17-9-2/h9,15-16,19,21H,2,8,10-14,17-18H2,1,3-7H3. The van der Waals surface area contributed by atoms with Crippen LogP contribution in [0.15, 0.2) is 35.3 Å². The fourth-order valence-corrected chi connectivity index (χ4v) is 4.90. The third-order valence-electron chi connectivity index (χ3n) is 5.71. The van der Waals surface area contributed by atoms with Gasteiger partial charge >= 0.3 is 0 Å². The van der Waals surface area contributed by atoms with Crippen LogP contribution in [0.1, 0.15) is 71.8 Å². The van der Waals surface area contributed by atoms with E-state index in [-0.39, 0.29) is 11.1 Å². The lowest BCUT2D eigenvalue weighted by molar-refractivity contribution is 0.167. The van der Waals surface area contributed by atoms with E-state index in [4.69, 9.17) is 9.16 Å². The first-order valence-corrected chi connectivity index (χ1v) is 14.5. The molecular weight excluding hydrogens is 428 g/mol. The van der Waals surface area contributed by atoms with Crippen molar-refractivity contribution in [2.45, 2.75) is 96.9 Å². The number of halogens is 1. The summed E-state index contributed by atoms with van der Waals surface area (Å²) in [5.41, 5.74) is 1.30. The molecule has 0 saturated heterocycles. The van der Waals surface area contributed by atoms with Gasteiger partial charge in [0.15, 0.2) is 8.32 Å². The molecule has 0 spiro atoms. The summed E-state index contributed by atoms with van der Waals surface area (Å²) < 4.78 is 13.5. The predicted octanol–water partition coefficient (Wildman–Crippen LogP) is 8.31. The van der Waals surface area contributed by atoms with Crippen molar-refractivity contribution in [3.63, 3.8) is 0 Å². The molecule has 0 fully saturated rings. The van der Waals surface area contributed by atoms with Gasteiger partial charge in [0.05, 0.1) is 4.47 Å². The van der Waals surface area contributed by atoms with Crippen LogP contribution in [-0.4, -0.2) is 21.0 Å². The minimum Gasteiger partial charge on any atom is -0.488 e. The van der Waals surface area contributed by atoms with Gasteiger partial charge in [0.25, 0.3) is 0 Å². The van der Waals surface area contributed by atoms with Crippen molar-refractivity contribution >= 4 is 24.2 Å². The van der Waals surface area contributed by atoms with E-state index in [2.05, 4.69) is 75.4 Å². The number of rotatable bonds is 13. The van der Waals surface area contributed by atoms with Crippen molar-refractivity contribution in [1.29, 1.82) is 0 Å². The maximum Gasteiger partial charge on any atom is 0.192 e. The van der Waals surface area contributed by atoms with E-state index in [9.17, 15) is 0 Å². The van der Waals surface area contributed by atoms with Crippen LogP contribution in [0.2, 0.25) is 18.1 Å². The van der Waals surface area contributed by atoms with Crippen LogP contribution in [-0.2, 0) is 10.8 Å². The van der Waals surface area contributed by atoms with Gasteiger partial charge < -0.3 is 9.16 Å². The van der Waals surface area contributed by atoms with Crippen LogP contribution in [0.4, 0.5) is 0 Å². The zero-order chi connectivity index (χ0) is 21.2. The van der Waals surface area contributed by atoms with E-state index >= 15 is 0 Å². The fourth-order valence-electron chi connectivity index (χ4n) is 2.97. The van der Waals surface area contributed by atoms with Gasteiger partial charge in [-0.05, 0) is 64.6 Å². The van der Waals surface area contributed by atoms with Gasteiger partial charge in [0.2, 0.25) is 0 Å². The lowest BCUT2D eigenvalue weighted by atomic mass is 10.0. The molecule has 0 aromatic heterocycles. The maximum absolute atomic E-state index is 6.83. The molecule has 0 bridgehead atoms. The highest BCUT2D eigenvalue weighted by Gasteiger charge is 2.39. The summed E-state index contributed by atoms with van der Waals surface area (Å²) in [4.78, 5) is 0. The summed E-state index contributed by atoms with van der Waals surface area (Å²) in [6.45, 7) is 18.2. The summed E-state index contributed by atoms with van der Waals surface area (Å²) in [6, 6.07) is 6.40. The molecule has 1 rings (SSSR count). The summed E-state index contributed by atoms with van der Waals surface area (Å²) in [5, 5.41) is 0.233. The van der Waals surface area contributed by atoms with Gasteiger partial charge in [-0.2, -0.15) is 0 Å². The normalized spacial score (nSPS) is 13.4. The number of unbranched alkanes of at least 4 members (excludes halogenated alkanes) is 4. The average Bonchev–Trinajstić information content (AvgIpc) is 2.59. The van der Waals surface area contributed by atoms with E-state index in [0.717, 1.165) is 23.1 Å². The molecule has 28 heavy (non-hydrogen) atoms. The van der Waals surface area contributed by atoms with Crippen LogP contribution >= 0.6 is 15.9 Å². The van der Waals surface area contributed by atoms with E-state index in [0.29, 0.717) is 6.61 Å². The lowest BCUT2D eigenvalue weighted by Crippen LogP contribution is -2.44. The second kappa shape index (κ2) is 12.2. The molecule has 0 aliphatic heterocycles. The van der Waals surface area contributed by atoms with Gasteiger partial charge in [0, 0.05) is 6.10 Å². The van der Waals surface area contributed by atoms with Gasteiger partial charge in [-0.15, -0.1) is 0 Å². The largest absolute Gasteiger partial charge is 0.488 e. The molecular formula is C24H41BrO2Si. The van der Waals surface area contributed by atoms with Crippen molar-refractivity contribution in [3.05, 3.63) is 40.9 Å². The summed E-state index contributed by atoms with van der Waals surface area (Å²) in [5.74, 6) is 0.866. The maximum atomic E-state index is 6.83. The Kier molecular flexibility index (Phi) is 11.1. The molecule has 1 aromatic carbocycles. The van der Waals surface area contributed by atoms with Crippen molar-refractivity contribution < 1.29 is 9.16 Å². The highest BCUT2D eigenvalue weighted by Crippen LogP contribution is 2.38. The molecule has 0 aliphatic carbocycles. The molecule has 0 radical (unpaired) electrons. The molecule has 0 N–H and O–H groups in total. The van der Waals surface area contributed by atoms with Crippen molar-refractivity contribution in [2.24, 2.45) is 0 Å². The second-order valence-corrected chi connectivity index (χ2v) is 14.9. The Morgan fingerprint density at radius 2 is 1.82 bits per heavy atom. The minimum absolute atomic E-state index is 0.233. The number of hydrogen-bond donors (Lipinski definition) is 0. The molecule has 1 unspecified atom stereocenters. The first-order chi connectivity index (χ1) is 13.1. The summed E-state index contributed by atoms with van der Waals surface area (Å²) in [7, 11) is -1.79. The topological polar surface area (TPSA) is 18.5 Å². The van der Waals surface area contributed by atoms with E-state index in [1.165, 1.54) is 37.7 Å². The highest BCUT2D eigenvalue weighted by atomic mass is 79.9. The number of hydrogen-bond acceptors (Lipinski definition) is 2. The quantitative estimate of drug-likeness (QED) is 0.164. The molecule has 2 nitrogen and oxygen atoms in total. The fraction of sp³-hybridized carbons (Fsp3) is 0.667. The van der Waals surface area contributed by atoms with Crippen LogP contribution in [0, 0.1) is 0 Å². The van der Waals surface area contributed by atoms with Crippen LogP contribution in [0.25, 0.3) is 0 Å². The van der Waals surface area contributed by atoms with Gasteiger partial charge in [-0.3, -0.25) is 0 Å². The number of ether oxygens (including phenoxy) is 1. The molecule has 1 aromatic rings. The van der Waals surface area contributed by atoms with Crippen molar-refractivity contribution in [2.75, 3.05) is 6.61 Å². The first kappa shape index (κ1) is 25.5. The second-order valence-electron chi connectivity index (χ2n) is 9.27. The van der Waals surface area contributed by atoms with Crippen LogP contribution in [0.5, 0.6) is 5.75 Å². The molecule has 1 atom stereocenters. The summed E-state index contributed by atoms with van der Waals surface area (Å²) in [6.07, 6.45) is 10.7. The lowest BCUT2D eigenvalue weighted by Gasteiger charge is -2.39. The predicted molar refractivity (Wildman–Crippen MR) is 129 cm³/mol. The van der Waals surface area contributed by atoms with Crippen LogP contribution < -0.4 is 4.74 Å². The Morgan fingerprint density at radius 3 is 2.39 bits per heavy atom. The van der Waals surface area contributed by atoms with Gasteiger partial charge in [-0.1, -0.05) is 78.5 Å². The van der Waals surface area contributed by atoms with E-state index < -0.39 is 8.32 Å². The van der Waals surface area contributed by atoms with Crippen LogP contribution in [0.3, 0.4) is 0 Å². The zero-order valence-electron chi connectivity index (χ0n) is 18.9. The van der Waals surface area contributed by atoms with E-state index in [1.54, 1.807) is 6.08 Å². The summed E-state index contributed by atoms with van der Waals surface area (Å²) >= 11 is 3.65. The number of benzene rings is 1.